The molecular weight excluding hydrogens is 428 g/mol. The monoisotopic (exact) mass is 459 g/mol. The van der Waals surface area contributed by atoms with Gasteiger partial charge in [-0.15, -0.1) is 0 Å². The van der Waals surface area contributed by atoms with E-state index < -0.39 is 31.7 Å². The van der Waals surface area contributed by atoms with Crippen molar-refractivity contribution in [3.05, 3.63) is 77.9 Å². The van der Waals surface area contributed by atoms with Gasteiger partial charge in [-0.05, 0) is 23.2 Å². The fourth-order valence-electron chi connectivity index (χ4n) is 2.83. The van der Waals surface area contributed by atoms with E-state index in [4.69, 9.17) is 9.47 Å². The van der Waals surface area contributed by atoms with E-state index in [1.54, 1.807) is 54.6 Å². The van der Waals surface area contributed by atoms with Gasteiger partial charge in [-0.25, -0.2) is 4.79 Å². The maximum absolute atomic E-state index is 15.3. The molecule has 0 saturated heterocycles. The second-order valence-corrected chi connectivity index (χ2v) is 14.3. The Bertz CT molecular complexity index is 910. The van der Waals surface area contributed by atoms with Gasteiger partial charge in [0.1, 0.15) is 0 Å². The highest BCUT2D eigenvalue weighted by atomic mass is 28.3. The molecule has 0 bridgehead atoms. The first kappa shape index (κ1) is 25.6. The van der Waals surface area contributed by atoms with Gasteiger partial charge in [0.15, 0.2) is 5.71 Å². The quantitative estimate of drug-likeness (QED) is 0.234. The van der Waals surface area contributed by atoms with Crippen LogP contribution in [0, 0.1) is 0 Å². The highest BCUT2D eigenvalue weighted by Crippen LogP contribution is 2.26. The molecule has 2 aromatic rings. The molecular formula is C25H31F2NO3Si. The lowest BCUT2D eigenvalue weighted by Gasteiger charge is -2.20. The zero-order chi connectivity index (χ0) is 23.6. The molecule has 2 aromatic carbocycles. The van der Waals surface area contributed by atoms with E-state index in [1.165, 1.54) is 13.2 Å². The van der Waals surface area contributed by atoms with E-state index >= 15 is 8.78 Å². The number of aliphatic imine (C=N–C) groups is 1. The summed E-state index contributed by atoms with van der Waals surface area (Å²) in [4.78, 5) is 16.9. The van der Waals surface area contributed by atoms with Crippen LogP contribution < -0.4 is 0 Å². The summed E-state index contributed by atoms with van der Waals surface area (Å²) in [6.45, 7) is 6.51. The van der Waals surface area contributed by atoms with Gasteiger partial charge in [-0.3, -0.25) is 4.99 Å². The number of esters is 1. The highest BCUT2D eigenvalue weighted by molar-refractivity contribution is 6.76. The smallest absolute Gasteiger partial charge is 0.358 e. The molecule has 172 valence electrons. The number of hydrogen-bond acceptors (Lipinski definition) is 4. The maximum atomic E-state index is 15.3. The molecule has 0 aliphatic heterocycles. The van der Waals surface area contributed by atoms with Crippen LogP contribution in [0.25, 0.3) is 6.08 Å². The highest BCUT2D eigenvalue weighted by Gasteiger charge is 2.40. The topological polar surface area (TPSA) is 47.9 Å². The number of allylic oxidation sites excluding steroid dienone is 1. The van der Waals surface area contributed by atoms with Crippen molar-refractivity contribution < 1.29 is 23.0 Å². The van der Waals surface area contributed by atoms with E-state index in [0.717, 1.165) is 0 Å². The minimum atomic E-state index is -3.62. The summed E-state index contributed by atoms with van der Waals surface area (Å²) in [5, 5.41) is 0. The van der Waals surface area contributed by atoms with Crippen molar-refractivity contribution in [1.29, 1.82) is 0 Å². The normalized spacial score (nSPS) is 13.9. The van der Waals surface area contributed by atoms with Crippen LogP contribution >= 0.6 is 0 Å². The summed E-state index contributed by atoms with van der Waals surface area (Å²) < 4.78 is 40.9. The molecule has 0 fully saturated rings. The lowest BCUT2D eigenvalue weighted by Crippen LogP contribution is -2.36. The second kappa shape index (κ2) is 11.8. The van der Waals surface area contributed by atoms with E-state index in [9.17, 15) is 4.79 Å². The number of alkyl halides is 2. The number of ether oxygens (including phenoxy) is 2. The number of carbonyl (C=O) groups excluding carboxylic acids is 1. The first-order valence-electron chi connectivity index (χ1n) is 10.5. The summed E-state index contributed by atoms with van der Waals surface area (Å²) in [7, 11) is -0.0368. The predicted molar refractivity (Wildman–Crippen MR) is 128 cm³/mol. The fourth-order valence-corrected chi connectivity index (χ4v) is 3.55. The van der Waals surface area contributed by atoms with Crippen molar-refractivity contribution in [2.75, 3.05) is 20.3 Å². The molecule has 0 aromatic heterocycles. The summed E-state index contributed by atoms with van der Waals surface area (Å²) in [6.07, 6.45) is 1.97. The van der Waals surface area contributed by atoms with Crippen molar-refractivity contribution in [2.45, 2.75) is 37.6 Å². The Morgan fingerprint density at radius 1 is 1.06 bits per heavy atom. The zero-order valence-electron chi connectivity index (χ0n) is 19.1. The summed E-state index contributed by atoms with van der Waals surface area (Å²) in [5.41, 5.74) is 0.339. The molecule has 0 unspecified atom stereocenters. The van der Waals surface area contributed by atoms with Gasteiger partial charge in [-0.2, -0.15) is 8.78 Å². The van der Waals surface area contributed by atoms with Gasteiger partial charge in [-0.1, -0.05) is 86.4 Å². The van der Waals surface area contributed by atoms with Crippen LogP contribution in [-0.4, -0.2) is 46.0 Å². The van der Waals surface area contributed by atoms with Gasteiger partial charge >= 0.3 is 11.9 Å². The number of rotatable bonds is 11. The van der Waals surface area contributed by atoms with Gasteiger partial charge in [0, 0.05) is 15.2 Å². The molecule has 7 heteroatoms. The Balaban J connectivity index is 2.39. The van der Waals surface area contributed by atoms with Crippen molar-refractivity contribution in [1.82, 2.24) is 0 Å². The molecule has 4 nitrogen and oxygen atoms in total. The number of hydrogen-bond donors (Lipinski definition) is 0. The molecule has 0 aliphatic rings. The van der Waals surface area contributed by atoms with Crippen LogP contribution in [0.3, 0.4) is 0 Å². The minimum Gasteiger partial charge on any atom is -0.461 e. The van der Waals surface area contributed by atoms with Crippen LogP contribution in [0.2, 0.25) is 25.7 Å². The van der Waals surface area contributed by atoms with Crippen molar-refractivity contribution in [3.63, 3.8) is 0 Å². The number of methoxy groups -OCH3 is 1. The van der Waals surface area contributed by atoms with Crippen LogP contribution in [0.15, 0.2) is 71.7 Å². The van der Waals surface area contributed by atoms with E-state index in [0.29, 0.717) is 23.2 Å². The van der Waals surface area contributed by atoms with Crippen molar-refractivity contribution >= 4 is 25.8 Å². The van der Waals surface area contributed by atoms with Crippen LogP contribution in [-0.2, 0) is 14.3 Å². The Morgan fingerprint density at radius 3 is 2.22 bits per heavy atom. The van der Waals surface area contributed by atoms with Crippen LogP contribution in [0.5, 0.6) is 0 Å². The Morgan fingerprint density at radius 2 is 1.66 bits per heavy atom. The third kappa shape index (κ3) is 8.47. The number of halogens is 2. The maximum Gasteiger partial charge on any atom is 0.358 e. The van der Waals surface area contributed by atoms with E-state index in [2.05, 4.69) is 24.6 Å². The first-order chi connectivity index (χ1) is 15.1. The van der Waals surface area contributed by atoms with Gasteiger partial charge < -0.3 is 9.47 Å². The molecule has 1 atom stereocenters. The molecule has 32 heavy (non-hydrogen) atoms. The van der Waals surface area contributed by atoms with Crippen molar-refractivity contribution in [3.8, 4) is 0 Å². The lowest BCUT2D eigenvalue weighted by molar-refractivity contribution is -0.136. The van der Waals surface area contributed by atoms with Crippen LogP contribution in [0.4, 0.5) is 8.78 Å². The predicted octanol–water partition coefficient (Wildman–Crippen LogP) is 6.05. The third-order valence-electron chi connectivity index (χ3n) is 4.67. The Kier molecular flexibility index (Phi) is 9.47. The molecule has 2 rings (SSSR count). The zero-order valence-corrected chi connectivity index (χ0v) is 20.1. The number of benzene rings is 2. The summed E-state index contributed by atoms with van der Waals surface area (Å²) >= 11 is 0. The number of carbonyl (C=O) groups is 1. The summed E-state index contributed by atoms with van der Waals surface area (Å²) in [5.74, 6) is -4.73. The third-order valence-corrected chi connectivity index (χ3v) is 6.38. The molecule has 0 radical (unpaired) electrons. The SMILES string of the molecule is COC[C@H](N=C(C(=O)OCC[Si](C)(C)C)C(F)(F)/C=C/c1ccccc1)c1ccccc1. The molecule has 0 N–H and O–H groups in total. The fraction of sp³-hybridized carbons (Fsp3) is 0.360. The molecule has 0 saturated carbocycles. The first-order valence-corrected chi connectivity index (χ1v) is 14.2. The largest absolute Gasteiger partial charge is 0.461 e. The lowest BCUT2D eigenvalue weighted by atomic mass is 10.1. The van der Waals surface area contributed by atoms with Gasteiger partial charge in [0.25, 0.3) is 0 Å². The average Bonchev–Trinajstić information content (AvgIpc) is 2.75. The van der Waals surface area contributed by atoms with E-state index in [-0.39, 0.29) is 13.2 Å². The Hall–Kier alpha value is -2.64. The van der Waals surface area contributed by atoms with E-state index in [1.807, 2.05) is 6.07 Å². The second-order valence-electron chi connectivity index (χ2n) is 8.67. The number of nitrogens with zero attached hydrogens (tertiary/aromatic N) is 1. The average molecular weight is 460 g/mol. The minimum absolute atomic E-state index is 0.0498. The van der Waals surface area contributed by atoms with Gasteiger partial charge in [0.2, 0.25) is 0 Å². The Labute approximate surface area is 190 Å². The molecule has 0 heterocycles. The molecule has 0 aliphatic carbocycles. The summed E-state index contributed by atoms with van der Waals surface area (Å²) in [6, 6.07) is 17.5. The van der Waals surface area contributed by atoms with Gasteiger partial charge in [0.05, 0.1) is 19.3 Å². The molecule has 0 amide bonds. The standard InChI is InChI=1S/C25H31F2NO3Si/c1-30-19-22(21-13-9-6-10-14-21)28-23(24(29)31-17-18-32(2,3)4)25(26,27)16-15-20-11-7-5-8-12-20/h5-16,22H,17-19H2,1-4H3/b16-15+,28-23?/t22-/m0/s1. The van der Waals surface area contributed by atoms with Crippen molar-refractivity contribution in [2.24, 2.45) is 4.99 Å². The van der Waals surface area contributed by atoms with Crippen LogP contribution in [0.1, 0.15) is 17.2 Å². The molecule has 0 spiro atoms.